The van der Waals surface area contributed by atoms with Gasteiger partial charge in [-0.3, -0.25) is 4.79 Å². The van der Waals surface area contributed by atoms with Gasteiger partial charge in [0.05, 0.1) is 21.8 Å². The number of benzene rings is 2. The third-order valence-electron chi connectivity index (χ3n) is 6.24. The second kappa shape index (κ2) is 9.49. The van der Waals surface area contributed by atoms with Gasteiger partial charge >= 0.3 is 0 Å². The maximum Gasteiger partial charge on any atom is 0.223 e. The lowest BCUT2D eigenvalue weighted by Gasteiger charge is -2.32. The van der Waals surface area contributed by atoms with Crippen molar-refractivity contribution in [2.75, 3.05) is 13.1 Å². The van der Waals surface area contributed by atoms with Gasteiger partial charge in [0.25, 0.3) is 0 Å². The van der Waals surface area contributed by atoms with Crippen molar-refractivity contribution in [1.29, 1.82) is 0 Å². The molecule has 166 valence electrons. The summed E-state index contributed by atoms with van der Waals surface area (Å²) in [5.41, 5.74) is 3.12. The molecule has 0 aromatic heterocycles. The maximum atomic E-state index is 12.9. The van der Waals surface area contributed by atoms with E-state index in [2.05, 4.69) is 17.4 Å². The van der Waals surface area contributed by atoms with Crippen LogP contribution in [0.4, 0.5) is 0 Å². The molecule has 1 amide bonds. The van der Waals surface area contributed by atoms with E-state index < -0.39 is 10.0 Å². The van der Waals surface area contributed by atoms with E-state index in [1.807, 2.05) is 12.1 Å². The molecule has 0 radical (unpaired) electrons. The Morgan fingerprint density at radius 3 is 2.52 bits per heavy atom. The molecule has 1 aliphatic carbocycles. The van der Waals surface area contributed by atoms with Crippen molar-refractivity contribution in [3.63, 3.8) is 0 Å². The fourth-order valence-corrected chi connectivity index (χ4v) is 6.39. The maximum absolute atomic E-state index is 12.9. The highest BCUT2D eigenvalue weighted by Crippen LogP contribution is 2.31. The van der Waals surface area contributed by atoms with Crippen molar-refractivity contribution in [1.82, 2.24) is 9.62 Å². The summed E-state index contributed by atoms with van der Waals surface area (Å²) in [5, 5.41) is 3.96. The summed E-state index contributed by atoms with van der Waals surface area (Å²) >= 11 is 11.9. The first-order valence-electron chi connectivity index (χ1n) is 10.6. The Labute approximate surface area is 193 Å². The number of rotatable bonds is 5. The molecular weight excluding hydrogens is 455 g/mol. The number of nitrogens with zero attached hydrogens (tertiary/aromatic N) is 1. The summed E-state index contributed by atoms with van der Waals surface area (Å²) in [6, 6.07) is 13.2. The zero-order valence-electron chi connectivity index (χ0n) is 17.2. The monoisotopic (exact) mass is 480 g/mol. The van der Waals surface area contributed by atoms with Crippen LogP contribution in [-0.4, -0.2) is 31.7 Å². The summed E-state index contributed by atoms with van der Waals surface area (Å²) in [5.74, 6) is -0.256. The molecule has 4 rings (SSSR count). The van der Waals surface area contributed by atoms with Crippen LogP contribution in [0.2, 0.25) is 10.0 Å². The number of carbonyl (C=O) groups is 1. The van der Waals surface area contributed by atoms with Gasteiger partial charge in [-0.25, -0.2) is 12.7 Å². The Hall–Kier alpha value is -1.60. The van der Waals surface area contributed by atoms with Crippen molar-refractivity contribution in [3.8, 4) is 0 Å². The molecule has 2 aromatic carbocycles. The summed E-state index contributed by atoms with van der Waals surface area (Å²) in [4.78, 5) is 12.9. The van der Waals surface area contributed by atoms with Crippen LogP contribution in [0, 0.1) is 5.92 Å². The van der Waals surface area contributed by atoms with E-state index in [1.54, 1.807) is 18.2 Å². The van der Waals surface area contributed by atoms with Crippen LogP contribution in [0.1, 0.15) is 48.4 Å². The van der Waals surface area contributed by atoms with Crippen molar-refractivity contribution < 1.29 is 13.2 Å². The Bertz CT molecular complexity index is 1070. The Kier molecular flexibility index (Phi) is 6.92. The van der Waals surface area contributed by atoms with Crippen LogP contribution in [-0.2, 0) is 27.0 Å². The van der Waals surface area contributed by atoms with E-state index in [0.717, 1.165) is 19.3 Å². The summed E-state index contributed by atoms with van der Waals surface area (Å²) in [6.45, 7) is 0.700. The number of amides is 1. The number of nitrogens with one attached hydrogen (secondary N) is 1. The van der Waals surface area contributed by atoms with Crippen molar-refractivity contribution in [2.24, 2.45) is 5.92 Å². The zero-order chi connectivity index (χ0) is 22.0. The van der Waals surface area contributed by atoms with Crippen molar-refractivity contribution in [2.45, 2.75) is 43.9 Å². The van der Waals surface area contributed by atoms with E-state index in [4.69, 9.17) is 23.2 Å². The molecule has 31 heavy (non-hydrogen) atoms. The molecule has 2 aromatic rings. The number of carbonyl (C=O) groups excluding carboxylic acids is 1. The van der Waals surface area contributed by atoms with E-state index in [9.17, 15) is 13.2 Å². The van der Waals surface area contributed by atoms with Gasteiger partial charge in [-0.15, -0.1) is 0 Å². The smallest absolute Gasteiger partial charge is 0.223 e. The van der Waals surface area contributed by atoms with Crippen LogP contribution in [0.15, 0.2) is 42.5 Å². The molecule has 2 aliphatic rings. The van der Waals surface area contributed by atoms with Gasteiger partial charge in [-0.2, -0.15) is 0 Å². The first kappa shape index (κ1) is 22.6. The third kappa shape index (κ3) is 5.25. The molecule has 1 heterocycles. The summed E-state index contributed by atoms with van der Waals surface area (Å²) < 4.78 is 27.1. The van der Waals surface area contributed by atoms with Crippen molar-refractivity contribution in [3.05, 3.63) is 69.2 Å². The molecule has 0 bridgehead atoms. The van der Waals surface area contributed by atoms with Gasteiger partial charge in [0.15, 0.2) is 0 Å². The highest BCUT2D eigenvalue weighted by Gasteiger charge is 2.32. The number of hydrogen-bond acceptors (Lipinski definition) is 3. The van der Waals surface area contributed by atoms with Crippen LogP contribution >= 0.6 is 23.2 Å². The minimum Gasteiger partial charge on any atom is -0.349 e. The molecule has 5 nitrogen and oxygen atoms in total. The van der Waals surface area contributed by atoms with E-state index >= 15 is 0 Å². The largest absolute Gasteiger partial charge is 0.349 e. The first-order chi connectivity index (χ1) is 14.8. The van der Waals surface area contributed by atoms with Gasteiger partial charge in [-0.1, -0.05) is 53.5 Å². The normalized spacial score (nSPS) is 20.3. The number of aryl methyl sites for hydroxylation is 1. The first-order valence-corrected chi connectivity index (χ1v) is 13.0. The van der Waals surface area contributed by atoms with Crippen LogP contribution in [0.25, 0.3) is 0 Å². The summed E-state index contributed by atoms with van der Waals surface area (Å²) in [7, 11) is -3.48. The lowest BCUT2D eigenvalue weighted by Crippen LogP contribution is -2.44. The standard InChI is InChI=1S/C23H26Cl2N2O3S/c24-20-9-8-16(14-21(20)25)15-31(29,30)27-12-10-18(11-13-27)23(28)26-22-7-3-5-17-4-1-2-6-19(17)22/h1-2,4,6,8-9,14,18,22H,3,5,7,10-13,15H2,(H,26,28). The van der Waals surface area contributed by atoms with Crippen LogP contribution in [0.5, 0.6) is 0 Å². The van der Waals surface area contributed by atoms with Gasteiger partial charge in [0, 0.05) is 19.0 Å². The Morgan fingerprint density at radius 1 is 1.03 bits per heavy atom. The zero-order valence-corrected chi connectivity index (χ0v) is 19.5. The molecule has 1 aliphatic heterocycles. The SMILES string of the molecule is O=C(NC1CCCc2ccccc21)C1CCN(S(=O)(=O)Cc2ccc(Cl)c(Cl)c2)CC1. The molecule has 0 saturated carbocycles. The van der Waals surface area contributed by atoms with Gasteiger partial charge in [0.2, 0.25) is 15.9 Å². The lowest BCUT2D eigenvalue weighted by atomic mass is 9.87. The fraction of sp³-hybridized carbons (Fsp3) is 0.435. The molecular formula is C23H26Cl2N2O3S. The number of sulfonamides is 1. The molecule has 8 heteroatoms. The molecule has 1 fully saturated rings. The topological polar surface area (TPSA) is 66.5 Å². The van der Waals surface area contributed by atoms with E-state index in [1.165, 1.54) is 15.4 Å². The highest BCUT2D eigenvalue weighted by molar-refractivity contribution is 7.88. The quantitative estimate of drug-likeness (QED) is 0.672. The van der Waals surface area contributed by atoms with Gasteiger partial charge in [-0.05, 0) is 60.9 Å². The van der Waals surface area contributed by atoms with Crippen molar-refractivity contribution >= 4 is 39.1 Å². The second-order valence-corrected chi connectivity index (χ2v) is 11.1. The molecule has 1 N–H and O–H groups in total. The van der Waals surface area contributed by atoms with E-state index in [-0.39, 0.29) is 23.6 Å². The van der Waals surface area contributed by atoms with Crippen LogP contribution < -0.4 is 5.32 Å². The fourth-order valence-electron chi connectivity index (χ4n) is 4.52. The molecule has 1 unspecified atom stereocenters. The minimum absolute atomic E-state index is 0.0308. The highest BCUT2D eigenvalue weighted by atomic mass is 35.5. The molecule has 1 saturated heterocycles. The number of fused-ring (bicyclic) bond motifs is 1. The predicted molar refractivity (Wildman–Crippen MR) is 124 cm³/mol. The third-order valence-corrected chi connectivity index (χ3v) is 8.83. The van der Waals surface area contributed by atoms with Gasteiger partial charge < -0.3 is 5.32 Å². The predicted octanol–water partition coefficient (Wildman–Crippen LogP) is 4.73. The van der Waals surface area contributed by atoms with E-state index in [0.29, 0.717) is 41.5 Å². The number of halogens is 2. The Morgan fingerprint density at radius 2 is 1.77 bits per heavy atom. The second-order valence-electron chi connectivity index (χ2n) is 8.33. The lowest BCUT2D eigenvalue weighted by molar-refractivity contribution is -0.127. The average Bonchev–Trinajstić information content (AvgIpc) is 2.76. The average molecular weight is 481 g/mol. The van der Waals surface area contributed by atoms with Gasteiger partial charge in [0.1, 0.15) is 0 Å². The van der Waals surface area contributed by atoms with Crippen LogP contribution in [0.3, 0.4) is 0 Å². The molecule has 1 atom stereocenters. The Balaban J connectivity index is 1.34. The number of piperidine rings is 1. The molecule has 0 spiro atoms. The minimum atomic E-state index is -3.48. The number of hydrogen-bond donors (Lipinski definition) is 1. The summed E-state index contributed by atoms with van der Waals surface area (Å²) in [6.07, 6.45) is 4.12.